The Morgan fingerprint density at radius 2 is 2.12 bits per heavy atom. The van der Waals surface area contributed by atoms with E-state index in [1.165, 1.54) is 0 Å². The number of thioether (sulfide) groups is 1. The number of carbonyl (C=O) groups is 1. The van der Waals surface area contributed by atoms with Gasteiger partial charge < -0.3 is 14.4 Å². The second-order valence-electron chi connectivity index (χ2n) is 6.06. The Labute approximate surface area is 167 Å². The van der Waals surface area contributed by atoms with Gasteiger partial charge >= 0.3 is 0 Å². The summed E-state index contributed by atoms with van der Waals surface area (Å²) in [5, 5.41) is 0.468. The minimum Gasteiger partial charge on any atom is -0.493 e. The molecular weight excluding hydrogens is 414 g/mol. The van der Waals surface area contributed by atoms with Gasteiger partial charge in [0.05, 0.1) is 23.9 Å². The predicted molar refractivity (Wildman–Crippen MR) is 110 cm³/mol. The molecule has 0 spiro atoms. The van der Waals surface area contributed by atoms with Crippen LogP contribution in [0.2, 0.25) is 0 Å². The molecule has 26 heavy (non-hydrogen) atoms. The van der Waals surface area contributed by atoms with Crippen molar-refractivity contribution in [3.8, 4) is 11.5 Å². The number of hydrogen-bond acceptors (Lipinski definition) is 4. The summed E-state index contributed by atoms with van der Waals surface area (Å²) >= 11 is 5.33. The van der Waals surface area contributed by atoms with E-state index in [4.69, 9.17) is 9.47 Å². The molecule has 0 aromatic heterocycles. The highest BCUT2D eigenvalue weighted by molar-refractivity contribution is 9.10. The Bertz CT molecular complexity index is 812. The second kappa shape index (κ2) is 8.35. The number of para-hydroxylation sites is 1. The van der Waals surface area contributed by atoms with Crippen molar-refractivity contribution in [2.24, 2.45) is 0 Å². The van der Waals surface area contributed by atoms with Gasteiger partial charge in [-0.2, -0.15) is 0 Å². The SMILES string of the molecule is CCOc1c(Br)cc(C(=O)N2CC[C@@H](C)Sc3ccccc32)cc1OC. The molecule has 1 aliphatic rings. The Kier molecular flexibility index (Phi) is 6.14. The fourth-order valence-electron chi connectivity index (χ4n) is 2.98. The van der Waals surface area contributed by atoms with Gasteiger partial charge in [-0.1, -0.05) is 19.1 Å². The number of rotatable bonds is 4. The smallest absolute Gasteiger partial charge is 0.258 e. The Balaban J connectivity index is 2.00. The van der Waals surface area contributed by atoms with Crippen LogP contribution >= 0.6 is 27.7 Å². The first-order chi connectivity index (χ1) is 12.5. The molecule has 4 nitrogen and oxygen atoms in total. The largest absolute Gasteiger partial charge is 0.493 e. The lowest BCUT2D eigenvalue weighted by Crippen LogP contribution is -2.32. The summed E-state index contributed by atoms with van der Waals surface area (Å²) in [7, 11) is 1.58. The zero-order chi connectivity index (χ0) is 18.7. The van der Waals surface area contributed by atoms with Gasteiger partial charge in [0.1, 0.15) is 0 Å². The average Bonchev–Trinajstić information content (AvgIpc) is 2.80. The molecule has 1 amide bonds. The number of benzene rings is 2. The fraction of sp³-hybridized carbons (Fsp3) is 0.350. The zero-order valence-corrected chi connectivity index (χ0v) is 17.5. The molecule has 0 fully saturated rings. The van der Waals surface area contributed by atoms with Gasteiger partial charge in [0.2, 0.25) is 0 Å². The Morgan fingerprint density at radius 3 is 2.85 bits per heavy atom. The number of nitrogens with zero attached hydrogens (tertiary/aromatic N) is 1. The maximum absolute atomic E-state index is 13.3. The van der Waals surface area contributed by atoms with Crippen molar-refractivity contribution in [3.63, 3.8) is 0 Å². The number of ether oxygens (including phenoxy) is 2. The molecule has 1 heterocycles. The molecule has 2 aromatic carbocycles. The predicted octanol–water partition coefficient (Wildman–Crippen LogP) is 5.39. The van der Waals surface area contributed by atoms with Crippen molar-refractivity contribution in [1.82, 2.24) is 0 Å². The molecule has 138 valence electrons. The quantitative estimate of drug-likeness (QED) is 0.645. The average molecular weight is 436 g/mol. The van der Waals surface area contributed by atoms with Crippen LogP contribution in [-0.2, 0) is 0 Å². The fourth-order valence-corrected chi connectivity index (χ4v) is 4.65. The maximum atomic E-state index is 13.3. The standard InChI is InChI=1S/C20H22BrNO3S/c1-4-25-19-15(21)11-14(12-17(19)24-3)20(23)22-10-9-13(2)26-18-8-6-5-7-16(18)22/h5-8,11-13H,4,9-10H2,1-3H3/t13-/m1/s1. The van der Waals surface area contributed by atoms with Gasteiger partial charge in [-0.05, 0) is 53.5 Å². The van der Waals surface area contributed by atoms with E-state index in [2.05, 4.69) is 28.9 Å². The first-order valence-electron chi connectivity index (χ1n) is 8.63. The molecule has 0 saturated heterocycles. The van der Waals surface area contributed by atoms with Crippen molar-refractivity contribution in [1.29, 1.82) is 0 Å². The van der Waals surface area contributed by atoms with Gasteiger partial charge in [-0.25, -0.2) is 0 Å². The minimum atomic E-state index is -0.0331. The van der Waals surface area contributed by atoms with Crippen molar-refractivity contribution in [3.05, 3.63) is 46.4 Å². The van der Waals surface area contributed by atoms with E-state index in [-0.39, 0.29) is 5.91 Å². The first-order valence-corrected chi connectivity index (χ1v) is 10.3. The topological polar surface area (TPSA) is 38.8 Å². The van der Waals surface area contributed by atoms with Crippen molar-refractivity contribution < 1.29 is 14.3 Å². The lowest BCUT2D eigenvalue weighted by Gasteiger charge is -2.23. The Morgan fingerprint density at radius 1 is 1.35 bits per heavy atom. The summed E-state index contributed by atoms with van der Waals surface area (Å²) in [5.74, 6) is 1.14. The highest BCUT2D eigenvalue weighted by Gasteiger charge is 2.26. The number of anilines is 1. The van der Waals surface area contributed by atoms with Crippen LogP contribution in [0.15, 0.2) is 45.8 Å². The van der Waals surface area contributed by atoms with Crippen LogP contribution in [0.1, 0.15) is 30.6 Å². The number of carbonyl (C=O) groups excluding carboxylic acids is 1. The third-order valence-corrected chi connectivity index (χ3v) is 6.08. The highest BCUT2D eigenvalue weighted by Crippen LogP contribution is 2.40. The van der Waals surface area contributed by atoms with Crippen LogP contribution in [0, 0.1) is 0 Å². The molecule has 3 rings (SSSR count). The van der Waals surface area contributed by atoms with E-state index in [1.807, 2.05) is 41.8 Å². The van der Waals surface area contributed by atoms with Crippen molar-refractivity contribution in [2.75, 3.05) is 25.2 Å². The molecule has 0 N–H and O–H groups in total. The van der Waals surface area contributed by atoms with Crippen LogP contribution in [-0.4, -0.2) is 31.4 Å². The van der Waals surface area contributed by atoms with E-state index in [9.17, 15) is 4.79 Å². The maximum Gasteiger partial charge on any atom is 0.258 e. The second-order valence-corrected chi connectivity index (χ2v) is 8.40. The third kappa shape index (κ3) is 3.86. The van der Waals surface area contributed by atoms with E-state index < -0.39 is 0 Å². The van der Waals surface area contributed by atoms with Crippen LogP contribution in [0.3, 0.4) is 0 Å². The summed E-state index contributed by atoms with van der Waals surface area (Å²) in [5.41, 5.74) is 1.54. The molecule has 2 aromatic rings. The summed E-state index contributed by atoms with van der Waals surface area (Å²) in [4.78, 5) is 16.3. The normalized spacial score (nSPS) is 16.6. The number of hydrogen-bond donors (Lipinski definition) is 0. The van der Waals surface area contributed by atoms with Crippen LogP contribution < -0.4 is 14.4 Å². The van der Waals surface area contributed by atoms with Crippen LogP contribution in [0.25, 0.3) is 0 Å². The summed E-state index contributed by atoms with van der Waals surface area (Å²) in [6.07, 6.45) is 0.945. The molecule has 0 saturated carbocycles. The van der Waals surface area contributed by atoms with E-state index in [1.54, 1.807) is 19.2 Å². The van der Waals surface area contributed by atoms with Gasteiger partial charge in [0.25, 0.3) is 5.91 Å². The molecule has 1 aliphatic heterocycles. The monoisotopic (exact) mass is 435 g/mol. The van der Waals surface area contributed by atoms with Crippen LogP contribution in [0.4, 0.5) is 5.69 Å². The number of halogens is 1. The Hall–Kier alpha value is -1.66. The van der Waals surface area contributed by atoms with Gasteiger partial charge in [0.15, 0.2) is 11.5 Å². The zero-order valence-electron chi connectivity index (χ0n) is 15.1. The van der Waals surface area contributed by atoms with E-state index >= 15 is 0 Å². The first kappa shape index (κ1) is 19.1. The molecule has 6 heteroatoms. The van der Waals surface area contributed by atoms with Gasteiger partial charge in [-0.3, -0.25) is 4.79 Å². The number of fused-ring (bicyclic) bond motifs is 1. The van der Waals surface area contributed by atoms with E-state index in [0.29, 0.717) is 39.9 Å². The number of methoxy groups -OCH3 is 1. The molecule has 1 atom stereocenters. The van der Waals surface area contributed by atoms with Crippen molar-refractivity contribution >= 4 is 39.3 Å². The molecule has 0 aliphatic carbocycles. The highest BCUT2D eigenvalue weighted by atomic mass is 79.9. The summed E-state index contributed by atoms with van der Waals surface area (Å²) in [6.45, 7) is 5.33. The minimum absolute atomic E-state index is 0.0331. The third-order valence-electron chi connectivity index (χ3n) is 4.25. The van der Waals surface area contributed by atoms with Crippen LogP contribution in [0.5, 0.6) is 11.5 Å². The number of amides is 1. The molecule has 0 radical (unpaired) electrons. The lowest BCUT2D eigenvalue weighted by atomic mass is 10.1. The molecule has 0 unspecified atom stereocenters. The van der Waals surface area contributed by atoms with Crippen molar-refractivity contribution in [2.45, 2.75) is 30.4 Å². The summed E-state index contributed by atoms with van der Waals surface area (Å²) in [6, 6.07) is 11.6. The molecular formula is C20H22BrNO3S. The van der Waals surface area contributed by atoms with Gasteiger partial charge in [0, 0.05) is 22.3 Å². The lowest BCUT2D eigenvalue weighted by molar-refractivity contribution is 0.0986. The molecule has 0 bridgehead atoms. The summed E-state index contributed by atoms with van der Waals surface area (Å²) < 4.78 is 11.8. The van der Waals surface area contributed by atoms with E-state index in [0.717, 1.165) is 17.0 Å². The van der Waals surface area contributed by atoms with Gasteiger partial charge in [-0.15, -0.1) is 11.8 Å².